The largest absolute Gasteiger partial charge is 0.371 e. The Morgan fingerprint density at radius 2 is 2.05 bits per heavy atom. The van der Waals surface area contributed by atoms with E-state index in [2.05, 4.69) is 27.1 Å². The third kappa shape index (κ3) is 5.65. The molecule has 1 aromatic rings. The van der Waals surface area contributed by atoms with Crippen LogP contribution in [0, 0.1) is 5.92 Å². The third-order valence-electron chi connectivity index (χ3n) is 3.71. The molecule has 6 nitrogen and oxygen atoms in total. The lowest BCUT2D eigenvalue weighted by Crippen LogP contribution is -2.33. The van der Waals surface area contributed by atoms with E-state index in [4.69, 9.17) is 0 Å². The Balaban J connectivity index is 1.67. The summed E-state index contributed by atoms with van der Waals surface area (Å²) in [6.07, 6.45) is 2.31. The highest BCUT2D eigenvalue weighted by Crippen LogP contribution is 2.22. The second kappa shape index (κ2) is 7.60. The molecule has 7 heteroatoms. The van der Waals surface area contributed by atoms with Crippen LogP contribution in [0.4, 0.5) is 5.69 Å². The number of sulfonamides is 1. The van der Waals surface area contributed by atoms with Crippen molar-refractivity contribution in [3.63, 3.8) is 0 Å². The fourth-order valence-corrected chi connectivity index (χ4v) is 3.04. The Morgan fingerprint density at radius 3 is 2.73 bits per heavy atom. The number of nitrogens with one attached hydrogen (secondary N) is 2. The number of hydrogen-bond acceptors (Lipinski definition) is 4. The van der Waals surface area contributed by atoms with Gasteiger partial charge in [0.05, 0.1) is 6.26 Å². The summed E-state index contributed by atoms with van der Waals surface area (Å²) in [5, 5.41) is 2.88. The zero-order chi connectivity index (χ0) is 16.0. The third-order valence-corrected chi connectivity index (χ3v) is 4.44. The number of nitrogens with zero attached hydrogens (tertiary/aromatic N) is 1. The van der Waals surface area contributed by atoms with E-state index in [9.17, 15) is 13.2 Å². The predicted octanol–water partition coefficient (Wildman–Crippen LogP) is 0.568. The van der Waals surface area contributed by atoms with E-state index >= 15 is 0 Å². The Hall–Kier alpha value is -1.60. The number of rotatable bonds is 7. The van der Waals surface area contributed by atoms with Crippen LogP contribution in [0.3, 0.4) is 0 Å². The van der Waals surface area contributed by atoms with Crippen LogP contribution in [0.2, 0.25) is 0 Å². The number of amides is 1. The molecule has 0 saturated carbocycles. The molecular formula is C15H23N3O3S. The molecular weight excluding hydrogens is 302 g/mol. The second-order valence-electron chi connectivity index (χ2n) is 5.66. The van der Waals surface area contributed by atoms with Crippen molar-refractivity contribution in [3.8, 4) is 0 Å². The van der Waals surface area contributed by atoms with Gasteiger partial charge in [0.2, 0.25) is 15.9 Å². The van der Waals surface area contributed by atoms with Crippen molar-refractivity contribution in [2.45, 2.75) is 12.8 Å². The molecule has 0 aliphatic carbocycles. The lowest BCUT2D eigenvalue weighted by molar-refractivity contribution is -0.121. The molecule has 122 valence electrons. The molecule has 1 aromatic carbocycles. The molecule has 1 heterocycles. The summed E-state index contributed by atoms with van der Waals surface area (Å²) < 4.78 is 24.1. The first kappa shape index (κ1) is 16.8. The number of para-hydroxylation sites is 1. The van der Waals surface area contributed by atoms with Crippen molar-refractivity contribution in [2.24, 2.45) is 5.92 Å². The zero-order valence-corrected chi connectivity index (χ0v) is 13.6. The molecule has 0 aromatic heterocycles. The average molecular weight is 325 g/mol. The summed E-state index contributed by atoms with van der Waals surface area (Å²) in [5.41, 5.74) is 1.22. The molecule has 0 spiro atoms. The van der Waals surface area contributed by atoms with E-state index in [1.807, 2.05) is 18.2 Å². The molecule has 22 heavy (non-hydrogen) atoms. The Labute approximate surface area is 131 Å². The Kier molecular flexibility index (Phi) is 5.79. The first-order valence-corrected chi connectivity index (χ1v) is 9.34. The smallest absolute Gasteiger partial charge is 0.221 e. The second-order valence-corrected chi connectivity index (χ2v) is 7.49. The lowest BCUT2D eigenvalue weighted by Gasteiger charge is -2.18. The van der Waals surface area contributed by atoms with Gasteiger partial charge < -0.3 is 10.2 Å². The minimum Gasteiger partial charge on any atom is -0.371 e. The monoisotopic (exact) mass is 325 g/mol. The van der Waals surface area contributed by atoms with Gasteiger partial charge in [-0.15, -0.1) is 0 Å². The molecule has 0 unspecified atom stereocenters. The average Bonchev–Trinajstić information content (AvgIpc) is 2.94. The van der Waals surface area contributed by atoms with E-state index in [1.54, 1.807) is 0 Å². The first-order chi connectivity index (χ1) is 10.4. The summed E-state index contributed by atoms with van der Waals surface area (Å²) in [5.74, 6) is 0.321. The zero-order valence-electron chi connectivity index (χ0n) is 12.8. The van der Waals surface area contributed by atoms with Gasteiger partial charge in [-0.1, -0.05) is 18.2 Å². The molecule has 2 N–H and O–H groups in total. The minimum atomic E-state index is -3.22. The van der Waals surface area contributed by atoms with Gasteiger partial charge in [-0.05, 0) is 24.5 Å². The van der Waals surface area contributed by atoms with Gasteiger partial charge in [0, 0.05) is 38.3 Å². The molecule has 1 atom stereocenters. The Bertz CT molecular complexity index is 589. The summed E-state index contributed by atoms with van der Waals surface area (Å²) in [6.45, 7) is 2.72. The maximum Gasteiger partial charge on any atom is 0.221 e. The van der Waals surface area contributed by atoms with Crippen molar-refractivity contribution in [3.05, 3.63) is 30.3 Å². The van der Waals surface area contributed by atoms with Gasteiger partial charge in [0.25, 0.3) is 0 Å². The summed E-state index contributed by atoms with van der Waals surface area (Å²) in [4.78, 5) is 14.0. The molecule has 1 fully saturated rings. The van der Waals surface area contributed by atoms with Crippen molar-refractivity contribution in [2.75, 3.05) is 37.3 Å². The van der Waals surface area contributed by atoms with Gasteiger partial charge in [-0.2, -0.15) is 0 Å². The molecule has 0 bridgehead atoms. The van der Waals surface area contributed by atoms with Crippen molar-refractivity contribution in [1.82, 2.24) is 10.0 Å². The lowest BCUT2D eigenvalue weighted by atomic mass is 10.1. The van der Waals surface area contributed by atoms with E-state index in [0.717, 1.165) is 25.8 Å². The summed E-state index contributed by atoms with van der Waals surface area (Å²) >= 11 is 0. The van der Waals surface area contributed by atoms with Crippen LogP contribution in [-0.2, 0) is 14.8 Å². The SMILES string of the molecule is CS(=O)(=O)NCCC(=O)NC[C@@H]1CCN(c2ccccc2)C1. The van der Waals surface area contributed by atoms with Crippen LogP contribution in [0.5, 0.6) is 0 Å². The number of benzene rings is 1. The van der Waals surface area contributed by atoms with Crippen LogP contribution >= 0.6 is 0 Å². The fraction of sp³-hybridized carbons (Fsp3) is 0.533. The van der Waals surface area contributed by atoms with Gasteiger partial charge in [0.15, 0.2) is 0 Å². The molecule has 1 aliphatic heterocycles. The highest BCUT2D eigenvalue weighted by Gasteiger charge is 2.22. The van der Waals surface area contributed by atoms with Crippen LogP contribution in [0.15, 0.2) is 30.3 Å². The molecule has 0 radical (unpaired) electrons. The number of hydrogen-bond donors (Lipinski definition) is 2. The maximum atomic E-state index is 11.7. The highest BCUT2D eigenvalue weighted by atomic mass is 32.2. The number of carbonyl (C=O) groups is 1. The van der Waals surface area contributed by atoms with Crippen molar-refractivity contribution in [1.29, 1.82) is 0 Å². The van der Waals surface area contributed by atoms with Gasteiger partial charge >= 0.3 is 0 Å². The number of anilines is 1. The normalized spacial score (nSPS) is 18.4. The van der Waals surface area contributed by atoms with E-state index < -0.39 is 10.0 Å². The van der Waals surface area contributed by atoms with Crippen molar-refractivity contribution >= 4 is 21.6 Å². The first-order valence-electron chi connectivity index (χ1n) is 7.45. The molecule has 1 amide bonds. The molecule has 1 saturated heterocycles. The van der Waals surface area contributed by atoms with Gasteiger partial charge in [-0.25, -0.2) is 13.1 Å². The summed E-state index contributed by atoms with van der Waals surface area (Å²) in [7, 11) is -3.22. The standard InChI is InChI=1S/C15H23N3O3S/c1-22(20,21)17-9-7-15(19)16-11-13-8-10-18(12-13)14-5-3-2-4-6-14/h2-6,13,17H,7-12H2,1H3,(H,16,19)/t13-/m0/s1. The van der Waals surface area contributed by atoms with E-state index in [-0.39, 0.29) is 18.9 Å². The van der Waals surface area contributed by atoms with E-state index in [0.29, 0.717) is 12.5 Å². The van der Waals surface area contributed by atoms with E-state index in [1.165, 1.54) is 5.69 Å². The quantitative estimate of drug-likeness (QED) is 0.768. The van der Waals surface area contributed by atoms with Gasteiger partial charge in [0.1, 0.15) is 0 Å². The topological polar surface area (TPSA) is 78.5 Å². The van der Waals surface area contributed by atoms with Crippen LogP contribution in [0.25, 0.3) is 0 Å². The van der Waals surface area contributed by atoms with Gasteiger partial charge in [-0.3, -0.25) is 4.79 Å². The highest BCUT2D eigenvalue weighted by molar-refractivity contribution is 7.88. The maximum absolute atomic E-state index is 11.7. The Morgan fingerprint density at radius 1 is 1.32 bits per heavy atom. The van der Waals surface area contributed by atoms with Crippen molar-refractivity contribution < 1.29 is 13.2 Å². The molecule has 2 rings (SSSR count). The van der Waals surface area contributed by atoms with Crippen LogP contribution < -0.4 is 14.9 Å². The summed E-state index contributed by atoms with van der Waals surface area (Å²) in [6, 6.07) is 10.2. The number of carbonyl (C=O) groups excluding carboxylic acids is 1. The minimum absolute atomic E-state index is 0.116. The fourth-order valence-electron chi connectivity index (χ4n) is 2.57. The predicted molar refractivity (Wildman–Crippen MR) is 87.2 cm³/mol. The van der Waals surface area contributed by atoms with Crippen LogP contribution in [0.1, 0.15) is 12.8 Å². The molecule has 1 aliphatic rings. The van der Waals surface area contributed by atoms with Crippen LogP contribution in [-0.4, -0.2) is 46.8 Å².